The number of anilines is 1. The Hall–Kier alpha value is -3.63. The lowest BCUT2D eigenvalue weighted by atomic mass is 9.95. The largest absolute Gasteiger partial charge is 0.508 e. The Morgan fingerprint density at radius 2 is 1.93 bits per heavy atom. The second kappa shape index (κ2) is 10.5. The van der Waals surface area contributed by atoms with Gasteiger partial charge in [-0.05, 0) is 79.0 Å². The summed E-state index contributed by atoms with van der Waals surface area (Å²) in [5.74, 6) is 0.678. The molecule has 0 bridgehead atoms. The number of pyridine rings is 1. The number of rotatable bonds is 6. The van der Waals surface area contributed by atoms with E-state index in [9.17, 15) is 14.6 Å². The summed E-state index contributed by atoms with van der Waals surface area (Å²) in [6.45, 7) is 4.95. The summed E-state index contributed by atoms with van der Waals surface area (Å²) < 4.78 is 37.5. The first-order valence-electron chi connectivity index (χ1n) is 15.9. The summed E-state index contributed by atoms with van der Waals surface area (Å²) in [5, 5.41) is 22.9. The van der Waals surface area contributed by atoms with Gasteiger partial charge in [0.2, 0.25) is 0 Å². The van der Waals surface area contributed by atoms with E-state index in [-0.39, 0.29) is 35.7 Å². The average molecular weight is 602 g/mol. The van der Waals surface area contributed by atoms with Gasteiger partial charge in [0.15, 0.2) is 5.82 Å². The summed E-state index contributed by atoms with van der Waals surface area (Å²) >= 11 is 0. The highest BCUT2D eigenvalue weighted by Crippen LogP contribution is 2.44. The van der Waals surface area contributed by atoms with Crippen molar-refractivity contribution in [3.05, 3.63) is 47.9 Å². The molecule has 2 aromatic carbocycles. The number of nitrogens with zero attached hydrogens (tertiary/aromatic N) is 5. The zero-order chi connectivity index (χ0) is 30.2. The molecule has 1 unspecified atom stereocenters. The first-order chi connectivity index (χ1) is 21.3. The fourth-order valence-corrected chi connectivity index (χ4v) is 8.57. The third kappa shape index (κ3) is 4.48. The lowest BCUT2D eigenvalue weighted by molar-refractivity contribution is 0.107. The summed E-state index contributed by atoms with van der Waals surface area (Å²) in [5.41, 5.74) is 1.35. The molecule has 10 heteroatoms. The van der Waals surface area contributed by atoms with E-state index >= 15 is 4.39 Å². The lowest BCUT2D eigenvalue weighted by Crippen LogP contribution is -2.43. The molecule has 2 aromatic heterocycles. The second-order valence-electron chi connectivity index (χ2n) is 13.3. The van der Waals surface area contributed by atoms with E-state index < -0.39 is 17.5 Å². The van der Waals surface area contributed by atoms with Crippen LogP contribution in [0.1, 0.15) is 44.6 Å². The van der Waals surface area contributed by atoms with Gasteiger partial charge in [0.25, 0.3) is 0 Å². The highest BCUT2D eigenvalue weighted by molar-refractivity contribution is 6.01. The zero-order valence-corrected chi connectivity index (χ0v) is 24.8. The number of aliphatic hydroxyl groups is 1. The van der Waals surface area contributed by atoms with E-state index in [4.69, 9.17) is 9.72 Å². The third-order valence-corrected chi connectivity index (χ3v) is 10.6. The number of phenols is 1. The van der Waals surface area contributed by atoms with Gasteiger partial charge in [-0.2, -0.15) is 9.97 Å². The number of aryl methyl sites for hydroxylation is 1. The zero-order valence-electron chi connectivity index (χ0n) is 24.8. The van der Waals surface area contributed by atoms with Gasteiger partial charge in [-0.1, -0.05) is 25.1 Å². The minimum absolute atomic E-state index is 0.0309. The molecule has 0 radical (unpaired) electrons. The number of halogens is 2. The van der Waals surface area contributed by atoms with Crippen molar-refractivity contribution >= 4 is 27.5 Å². The summed E-state index contributed by atoms with van der Waals surface area (Å²) in [4.78, 5) is 18.4. The van der Waals surface area contributed by atoms with Crippen LogP contribution in [0.5, 0.6) is 11.8 Å². The highest BCUT2D eigenvalue weighted by atomic mass is 19.1. The van der Waals surface area contributed by atoms with Crippen molar-refractivity contribution in [1.29, 1.82) is 0 Å². The van der Waals surface area contributed by atoms with Gasteiger partial charge in [-0.25, -0.2) is 8.78 Å². The van der Waals surface area contributed by atoms with Crippen molar-refractivity contribution in [2.75, 3.05) is 37.7 Å². The maximum atomic E-state index is 16.8. The van der Waals surface area contributed by atoms with Crippen LogP contribution in [0.15, 0.2) is 36.5 Å². The van der Waals surface area contributed by atoms with Crippen molar-refractivity contribution in [2.24, 2.45) is 11.8 Å². The quantitative estimate of drug-likeness (QED) is 0.303. The van der Waals surface area contributed by atoms with Crippen molar-refractivity contribution in [2.45, 2.75) is 63.3 Å². The number of hydrogen-bond donors (Lipinski definition) is 2. The van der Waals surface area contributed by atoms with Gasteiger partial charge in [0, 0.05) is 37.8 Å². The van der Waals surface area contributed by atoms with E-state index in [2.05, 4.69) is 19.8 Å². The van der Waals surface area contributed by atoms with Gasteiger partial charge >= 0.3 is 6.01 Å². The first-order valence-corrected chi connectivity index (χ1v) is 15.9. The Balaban J connectivity index is 1.25. The number of fused-ring (bicyclic) bond motifs is 4. The number of benzene rings is 2. The molecule has 4 fully saturated rings. The molecule has 5 heterocycles. The Bertz CT molecular complexity index is 1760. The first kappa shape index (κ1) is 27.9. The number of ether oxygens (including phenoxy) is 1. The van der Waals surface area contributed by atoms with Crippen LogP contribution in [0.2, 0.25) is 0 Å². The monoisotopic (exact) mass is 601 g/mol. The van der Waals surface area contributed by atoms with Crippen LogP contribution in [-0.4, -0.2) is 80.7 Å². The Kier molecular flexibility index (Phi) is 6.64. The number of aromatic hydroxyl groups is 1. The predicted octanol–water partition coefficient (Wildman–Crippen LogP) is 5.41. The molecule has 4 aliphatic rings. The summed E-state index contributed by atoms with van der Waals surface area (Å²) in [6.07, 6.45) is 4.94. The summed E-state index contributed by atoms with van der Waals surface area (Å²) in [6, 6.07) is 9.15. The number of phenolic OH excluding ortho intramolecular Hbond substituents is 1. The third-order valence-electron chi connectivity index (χ3n) is 10.6. The fraction of sp³-hybridized carbons (Fsp3) is 0.500. The molecule has 2 N–H and O–H groups in total. The Morgan fingerprint density at radius 1 is 1.11 bits per heavy atom. The smallest absolute Gasteiger partial charge is 0.319 e. The van der Waals surface area contributed by atoms with E-state index in [1.54, 1.807) is 18.3 Å². The van der Waals surface area contributed by atoms with Gasteiger partial charge in [-0.3, -0.25) is 9.88 Å². The van der Waals surface area contributed by atoms with Crippen LogP contribution in [0.4, 0.5) is 14.6 Å². The van der Waals surface area contributed by atoms with Crippen LogP contribution >= 0.6 is 0 Å². The number of hydrogen-bond acceptors (Lipinski definition) is 8. The molecule has 3 saturated heterocycles. The second-order valence-corrected chi connectivity index (χ2v) is 13.3. The predicted molar refractivity (Wildman–Crippen MR) is 164 cm³/mol. The van der Waals surface area contributed by atoms with Crippen molar-refractivity contribution in [1.82, 2.24) is 19.9 Å². The minimum atomic E-state index is -0.887. The maximum absolute atomic E-state index is 16.8. The molecule has 44 heavy (non-hydrogen) atoms. The van der Waals surface area contributed by atoms with Gasteiger partial charge in [-0.15, -0.1) is 0 Å². The molecular formula is C34H37F2N5O3. The normalized spacial score (nSPS) is 28.3. The minimum Gasteiger partial charge on any atom is -0.508 e. The van der Waals surface area contributed by atoms with Crippen LogP contribution in [-0.2, 0) is 6.42 Å². The van der Waals surface area contributed by atoms with E-state index in [1.165, 1.54) is 0 Å². The summed E-state index contributed by atoms with van der Waals surface area (Å²) in [7, 11) is 0. The molecule has 5 atom stereocenters. The fourth-order valence-electron chi connectivity index (χ4n) is 8.57. The SMILES string of the molecule is CCc1cccc2cc(O)cc(-c3ncc4c(N5C[C@H]6CC(O)C[C@H]6C5)nc(OC[C@@]56CCCN5C[C@H](F)C6)nc4c3F)c12. The molecule has 0 amide bonds. The number of alkyl halides is 1. The van der Waals surface area contributed by atoms with Crippen LogP contribution in [0, 0.1) is 17.7 Å². The molecule has 8 rings (SSSR count). The molecule has 230 valence electrons. The molecule has 8 nitrogen and oxygen atoms in total. The van der Waals surface area contributed by atoms with Crippen LogP contribution in [0.25, 0.3) is 32.9 Å². The molecular weight excluding hydrogens is 564 g/mol. The topological polar surface area (TPSA) is 94.8 Å². The maximum Gasteiger partial charge on any atom is 0.319 e. The molecule has 4 aromatic rings. The van der Waals surface area contributed by atoms with Gasteiger partial charge in [0.05, 0.1) is 17.0 Å². The number of aromatic nitrogens is 3. The van der Waals surface area contributed by atoms with Gasteiger partial charge in [0.1, 0.15) is 35.6 Å². The van der Waals surface area contributed by atoms with Gasteiger partial charge < -0.3 is 19.8 Å². The van der Waals surface area contributed by atoms with Crippen LogP contribution in [0.3, 0.4) is 0 Å². The molecule has 0 spiro atoms. The average Bonchev–Trinajstić information content (AvgIpc) is 3.74. The van der Waals surface area contributed by atoms with Crippen LogP contribution < -0.4 is 9.64 Å². The Labute approximate surface area is 254 Å². The Morgan fingerprint density at radius 3 is 2.73 bits per heavy atom. The lowest BCUT2D eigenvalue weighted by Gasteiger charge is -2.31. The number of aliphatic hydroxyl groups excluding tert-OH is 1. The van der Waals surface area contributed by atoms with Crippen molar-refractivity contribution in [3.63, 3.8) is 0 Å². The van der Waals surface area contributed by atoms with Crippen molar-refractivity contribution in [3.8, 4) is 23.0 Å². The van der Waals surface area contributed by atoms with E-state index in [1.807, 2.05) is 25.1 Å². The molecule has 1 aliphatic carbocycles. The van der Waals surface area contributed by atoms with Crippen molar-refractivity contribution < 1.29 is 23.7 Å². The van der Waals surface area contributed by atoms with E-state index in [0.717, 1.165) is 55.0 Å². The van der Waals surface area contributed by atoms with E-state index in [0.29, 0.717) is 54.7 Å². The standard InChI is InChI=1S/C34H37F2N5O3/c1-2-19-5-3-6-20-9-25(43)12-26(28(19)20)30-29(36)31-27(14-37-30)32(40-15-21-10-24(42)11-22(21)16-40)39-33(38-31)44-18-34-7-4-8-41(34)17-23(35)13-34/h3,5-6,9,12,14,21-24,42-43H,2,4,7-8,10-11,13,15-18H2,1H3/t21-,22+,23-,24?,34+/m1/s1. The highest BCUT2D eigenvalue weighted by Gasteiger charge is 2.49. The molecule has 1 saturated carbocycles. The molecule has 3 aliphatic heterocycles.